The summed E-state index contributed by atoms with van der Waals surface area (Å²) in [6, 6.07) is 5.52. The molecule has 1 aromatic carbocycles. The maximum Gasteiger partial charge on any atom is 0.239 e. The van der Waals surface area contributed by atoms with Crippen molar-refractivity contribution < 1.29 is 17.9 Å². The third-order valence-electron chi connectivity index (χ3n) is 3.12. The average Bonchev–Trinajstić information content (AvgIpc) is 2.95. The van der Waals surface area contributed by atoms with Crippen molar-refractivity contribution in [2.45, 2.75) is 37.7 Å². The molecule has 2 atom stereocenters. The highest BCUT2D eigenvalue weighted by atomic mass is 32.2. The van der Waals surface area contributed by atoms with E-state index in [0.29, 0.717) is 11.5 Å². The van der Waals surface area contributed by atoms with Crippen LogP contribution in [0.5, 0.6) is 0 Å². The summed E-state index contributed by atoms with van der Waals surface area (Å²) in [5.74, 6) is -0.0422. The highest BCUT2D eigenvalue weighted by molar-refractivity contribution is 7.85. The first kappa shape index (κ1) is 17.3. The van der Waals surface area contributed by atoms with Gasteiger partial charge in [0.1, 0.15) is 16.8 Å². The summed E-state index contributed by atoms with van der Waals surface area (Å²) < 4.78 is 30.4. The number of hydrogen-bond acceptors (Lipinski definition) is 5. The van der Waals surface area contributed by atoms with E-state index in [9.17, 15) is 13.4 Å². The Kier molecular flexibility index (Phi) is 5.59. The van der Waals surface area contributed by atoms with Crippen LogP contribution >= 0.6 is 0 Å². The lowest BCUT2D eigenvalue weighted by Crippen LogP contribution is -2.29. The molecule has 0 aliphatic rings. The molecule has 0 saturated carbocycles. The summed E-state index contributed by atoms with van der Waals surface area (Å²) in [7, 11) is -1.53. The number of carbonyl (C=O) groups excluding carboxylic acids is 1. The number of hydrogen-bond donors (Lipinski definition) is 1. The van der Waals surface area contributed by atoms with E-state index in [-0.39, 0.29) is 17.6 Å². The molecular weight excluding hydrogens is 321 g/mol. The van der Waals surface area contributed by atoms with Crippen LogP contribution in [0.3, 0.4) is 0 Å². The van der Waals surface area contributed by atoms with Gasteiger partial charge in [-0.05, 0) is 25.1 Å². The first-order valence-corrected chi connectivity index (χ1v) is 8.51. The Balaban J connectivity index is 1.96. The lowest BCUT2D eigenvalue weighted by molar-refractivity contribution is -0.115. The van der Waals surface area contributed by atoms with Crippen LogP contribution < -0.4 is 5.32 Å². The van der Waals surface area contributed by atoms with E-state index in [1.165, 1.54) is 25.1 Å². The zero-order valence-electron chi connectivity index (χ0n) is 13.1. The Hall–Kier alpha value is -2.09. The smallest absolute Gasteiger partial charge is 0.239 e. The minimum absolute atomic E-state index is 0.00252. The fraction of sp³-hybridized carbons (Fsp3) is 0.400. The summed E-state index contributed by atoms with van der Waals surface area (Å²) in [4.78, 5) is 16.2. The van der Waals surface area contributed by atoms with Gasteiger partial charge in [-0.1, -0.05) is 25.1 Å². The highest BCUT2D eigenvalue weighted by Gasteiger charge is 2.23. The van der Waals surface area contributed by atoms with Crippen molar-refractivity contribution in [3.63, 3.8) is 0 Å². The first-order valence-electron chi connectivity index (χ1n) is 7.13. The van der Waals surface area contributed by atoms with Gasteiger partial charge in [0, 0.05) is 22.4 Å². The molecule has 23 heavy (non-hydrogen) atoms. The zero-order chi connectivity index (χ0) is 17.0. The standard InChI is InChI=1S/C15H18FN3O3S/c1-9(2)14-18-13(22-19-14)8-23(21)10(3)15(20)17-12-6-4-5-11(16)7-12/h4-7,9-10H,8H2,1-3H3,(H,17,20). The number of carbonyl (C=O) groups is 1. The molecule has 1 aromatic heterocycles. The Bertz CT molecular complexity index is 717. The molecule has 1 N–H and O–H groups in total. The van der Waals surface area contributed by atoms with Crippen LogP contribution in [0.1, 0.15) is 38.4 Å². The highest BCUT2D eigenvalue weighted by Crippen LogP contribution is 2.14. The van der Waals surface area contributed by atoms with Crippen LogP contribution in [-0.2, 0) is 21.3 Å². The summed E-state index contributed by atoms with van der Waals surface area (Å²) >= 11 is 0. The van der Waals surface area contributed by atoms with Gasteiger partial charge in [0.25, 0.3) is 0 Å². The summed E-state index contributed by atoms with van der Waals surface area (Å²) in [6.45, 7) is 5.37. The van der Waals surface area contributed by atoms with E-state index < -0.39 is 27.8 Å². The molecule has 0 aliphatic heterocycles. The molecule has 8 heteroatoms. The number of nitrogens with one attached hydrogen (secondary N) is 1. The summed E-state index contributed by atoms with van der Waals surface area (Å²) in [6.07, 6.45) is 0. The van der Waals surface area contributed by atoms with Crippen molar-refractivity contribution in [2.75, 3.05) is 5.32 Å². The van der Waals surface area contributed by atoms with E-state index >= 15 is 0 Å². The van der Waals surface area contributed by atoms with Crippen molar-refractivity contribution in [2.24, 2.45) is 0 Å². The quantitative estimate of drug-likeness (QED) is 0.874. The number of halogens is 1. The maximum atomic E-state index is 13.1. The number of benzene rings is 1. The normalized spacial score (nSPS) is 13.8. The van der Waals surface area contributed by atoms with Gasteiger partial charge in [-0.15, -0.1) is 0 Å². The topological polar surface area (TPSA) is 85.1 Å². The molecular formula is C15H18FN3O3S. The zero-order valence-corrected chi connectivity index (χ0v) is 13.9. The lowest BCUT2D eigenvalue weighted by atomic mass is 10.2. The fourth-order valence-corrected chi connectivity index (χ4v) is 2.65. The van der Waals surface area contributed by atoms with Crippen LogP contribution in [0.2, 0.25) is 0 Å². The van der Waals surface area contributed by atoms with Crippen LogP contribution in [0.4, 0.5) is 10.1 Å². The SMILES string of the molecule is CC(C)c1noc(CS(=O)C(C)C(=O)Nc2cccc(F)c2)n1. The van der Waals surface area contributed by atoms with Crippen molar-refractivity contribution in [1.82, 2.24) is 10.1 Å². The third kappa shape index (κ3) is 4.69. The van der Waals surface area contributed by atoms with Crippen LogP contribution in [0.25, 0.3) is 0 Å². The van der Waals surface area contributed by atoms with E-state index in [1.54, 1.807) is 6.07 Å². The second-order valence-corrected chi connectivity index (χ2v) is 7.13. The number of anilines is 1. The van der Waals surface area contributed by atoms with E-state index in [2.05, 4.69) is 15.5 Å². The predicted molar refractivity (Wildman–Crippen MR) is 84.7 cm³/mol. The van der Waals surface area contributed by atoms with E-state index in [0.717, 1.165) is 0 Å². The molecule has 0 fully saturated rings. The molecule has 0 saturated heterocycles. The lowest BCUT2D eigenvalue weighted by Gasteiger charge is -2.11. The largest absolute Gasteiger partial charge is 0.338 e. The van der Waals surface area contributed by atoms with Crippen LogP contribution in [0.15, 0.2) is 28.8 Å². The van der Waals surface area contributed by atoms with Gasteiger partial charge in [-0.25, -0.2) is 4.39 Å². The third-order valence-corrected chi connectivity index (χ3v) is 4.66. The number of nitrogens with zero attached hydrogens (tertiary/aromatic N) is 2. The van der Waals surface area contributed by atoms with Crippen molar-refractivity contribution in [3.8, 4) is 0 Å². The average molecular weight is 339 g/mol. The molecule has 1 amide bonds. The molecule has 0 aliphatic carbocycles. The number of rotatable bonds is 6. The van der Waals surface area contributed by atoms with Gasteiger partial charge in [0.15, 0.2) is 5.82 Å². The molecule has 6 nitrogen and oxygen atoms in total. The van der Waals surface area contributed by atoms with Crippen molar-refractivity contribution in [1.29, 1.82) is 0 Å². The molecule has 0 radical (unpaired) electrons. The molecule has 124 valence electrons. The summed E-state index contributed by atoms with van der Waals surface area (Å²) in [5, 5.41) is 5.52. The molecule has 2 unspecified atom stereocenters. The Morgan fingerprint density at radius 1 is 1.39 bits per heavy atom. The molecule has 0 spiro atoms. The number of amides is 1. The minimum atomic E-state index is -1.53. The van der Waals surface area contributed by atoms with Gasteiger partial charge in [-0.2, -0.15) is 4.98 Å². The van der Waals surface area contributed by atoms with Gasteiger partial charge in [0.2, 0.25) is 11.8 Å². The first-order chi connectivity index (χ1) is 10.9. The molecule has 1 heterocycles. The maximum absolute atomic E-state index is 13.1. The van der Waals surface area contributed by atoms with E-state index in [1.807, 2.05) is 13.8 Å². The Labute approximate surface area is 135 Å². The number of aromatic nitrogens is 2. The van der Waals surface area contributed by atoms with Gasteiger partial charge in [0.05, 0.1) is 0 Å². The van der Waals surface area contributed by atoms with Gasteiger partial charge < -0.3 is 9.84 Å². The van der Waals surface area contributed by atoms with Gasteiger partial charge >= 0.3 is 0 Å². The Morgan fingerprint density at radius 2 is 2.13 bits per heavy atom. The van der Waals surface area contributed by atoms with E-state index in [4.69, 9.17) is 4.52 Å². The fourth-order valence-electron chi connectivity index (χ4n) is 1.74. The predicted octanol–water partition coefficient (Wildman–Crippen LogP) is 2.61. The second kappa shape index (κ2) is 7.45. The molecule has 0 bridgehead atoms. The monoisotopic (exact) mass is 339 g/mol. The van der Waals surface area contributed by atoms with Crippen LogP contribution in [-0.4, -0.2) is 25.5 Å². The van der Waals surface area contributed by atoms with Gasteiger partial charge in [-0.3, -0.25) is 9.00 Å². The molecule has 2 aromatic rings. The van der Waals surface area contributed by atoms with Crippen molar-refractivity contribution >= 4 is 22.4 Å². The molecule has 2 rings (SSSR count). The minimum Gasteiger partial charge on any atom is -0.338 e. The van der Waals surface area contributed by atoms with Crippen molar-refractivity contribution in [3.05, 3.63) is 41.8 Å². The second-order valence-electron chi connectivity index (χ2n) is 5.37. The Morgan fingerprint density at radius 3 is 2.74 bits per heavy atom. The van der Waals surface area contributed by atoms with Crippen LogP contribution in [0, 0.1) is 5.82 Å². The summed E-state index contributed by atoms with van der Waals surface area (Å²) in [5.41, 5.74) is 0.318.